The lowest BCUT2D eigenvalue weighted by molar-refractivity contribution is -0.918. The molecule has 166 valence electrons. The van der Waals surface area contributed by atoms with E-state index in [4.69, 9.17) is 0 Å². The first kappa shape index (κ1) is 23.0. The fourth-order valence-corrected chi connectivity index (χ4v) is 4.23. The van der Waals surface area contributed by atoms with E-state index >= 15 is 0 Å². The van der Waals surface area contributed by atoms with E-state index in [0.717, 1.165) is 17.7 Å². The Labute approximate surface area is 186 Å². The fraction of sp³-hybridized carbons (Fsp3) is 0.462. The van der Waals surface area contributed by atoms with Crippen LogP contribution in [0.3, 0.4) is 0 Å². The van der Waals surface area contributed by atoms with E-state index < -0.39 is 6.04 Å². The largest absolute Gasteiger partial charge is 0.350 e. The van der Waals surface area contributed by atoms with Crippen molar-refractivity contribution in [1.82, 2.24) is 10.6 Å². The molecule has 0 bridgehead atoms. The highest BCUT2D eigenvalue weighted by Gasteiger charge is 2.24. The molecule has 1 aliphatic heterocycles. The quantitative estimate of drug-likeness (QED) is 0.581. The number of piperidine rings is 1. The van der Waals surface area contributed by atoms with Crippen LogP contribution in [0.25, 0.3) is 0 Å². The molecular weight excluding hydrogens is 386 g/mol. The predicted molar refractivity (Wildman–Crippen MR) is 123 cm³/mol. The third kappa shape index (κ3) is 7.21. The molecule has 0 saturated carbocycles. The number of nitrogens with one attached hydrogen (secondary N) is 3. The summed E-state index contributed by atoms with van der Waals surface area (Å²) in [4.78, 5) is 27.0. The zero-order valence-electron chi connectivity index (χ0n) is 18.8. The number of benzene rings is 2. The Morgan fingerprint density at radius 1 is 0.903 bits per heavy atom. The Hall–Kier alpha value is -2.66. The van der Waals surface area contributed by atoms with Crippen LogP contribution in [0.5, 0.6) is 0 Å². The van der Waals surface area contributed by atoms with Gasteiger partial charge in [0.15, 0.2) is 0 Å². The van der Waals surface area contributed by atoms with Gasteiger partial charge in [0.1, 0.15) is 12.6 Å². The van der Waals surface area contributed by atoms with Gasteiger partial charge in [-0.1, -0.05) is 68.4 Å². The van der Waals surface area contributed by atoms with Crippen LogP contribution in [0, 0.1) is 5.92 Å². The second-order valence-corrected chi connectivity index (χ2v) is 8.93. The SMILES string of the molecule is CC(C)[C@H](NC(=O)Cc1ccccc1)C(=O)NCc1ccccc1C[NH+]1CCCCC1. The summed E-state index contributed by atoms with van der Waals surface area (Å²) in [5.74, 6) is -0.251. The van der Waals surface area contributed by atoms with Crippen molar-refractivity contribution in [3.05, 3.63) is 71.3 Å². The summed E-state index contributed by atoms with van der Waals surface area (Å²) in [6, 6.07) is 17.4. The number of rotatable bonds is 9. The zero-order chi connectivity index (χ0) is 22.1. The number of carbonyl (C=O) groups is 2. The van der Waals surface area contributed by atoms with Gasteiger partial charge in [-0.3, -0.25) is 9.59 Å². The molecule has 1 saturated heterocycles. The van der Waals surface area contributed by atoms with E-state index in [0.29, 0.717) is 6.54 Å². The first-order chi connectivity index (χ1) is 15.0. The standard InChI is InChI=1S/C26H35N3O2/c1-20(2)25(28-24(30)17-21-11-5-3-6-12-21)26(31)27-18-22-13-7-8-14-23(22)19-29-15-9-4-10-16-29/h3,5-8,11-14,20,25H,4,9-10,15-19H2,1-2H3,(H,27,31)(H,28,30)/p+1/t25-/m0/s1. The lowest BCUT2D eigenvalue weighted by Crippen LogP contribution is -3.11. The molecule has 2 aromatic carbocycles. The molecule has 1 heterocycles. The van der Waals surface area contributed by atoms with Gasteiger partial charge < -0.3 is 15.5 Å². The topological polar surface area (TPSA) is 62.6 Å². The molecule has 2 amide bonds. The lowest BCUT2D eigenvalue weighted by Gasteiger charge is -2.25. The number of amides is 2. The average Bonchev–Trinajstić information content (AvgIpc) is 2.78. The average molecular weight is 423 g/mol. The Balaban J connectivity index is 1.57. The summed E-state index contributed by atoms with van der Waals surface area (Å²) in [7, 11) is 0. The predicted octanol–water partition coefficient (Wildman–Crippen LogP) is 2.26. The van der Waals surface area contributed by atoms with Gasteiger partial charge in [0.2, 0.25) is 11.8 Å². The van der Waals surface area contributed by atoms with Gasteiger partial charge in [-0.2, -0.15) is 0 Å². The lowest BCUT2D eigenvalue weighted by atomic mass is 10.0. The van der Waals surface area contributed by atoms with Crippen molar-refractivity contribution in [2.24, 2.45) is 5.92 Å². The van der Waals surface area contributed by atoms with Gasteiger partial charge in [-0.25, -0.2) is 0 Å². The number of quaternary nitrogens is 1. The van der Waals surface area contributed by atoms with Gasteiger partial charge in [0, 0.05) is 12.1 Å². The summed E-state index contributed by atoms with van der Waals surface area (Å²) >= 11 is 0. The third-order valence-corrected chi connectivity index (χ3v) is 6.05. The molecule has 0 unspecified atom stereocenters. The monoisotopic (exact) mass is 422 g/mol. The molecule has 1 aliphatic rings. The van der Waals surface area contributed by atoms with Crippen molar-refractivity contribution in [2.75, 3.05) is 13.1 Å². The number of carbonyl (C=O) groups excluding carboxylic acids is 2. The molecule has 0 aromatic heterocycles. The Kier molecular flexibility index (Phi) is 8.65. The fourth-order valence-electron chi connectivity index (χ4n) is 4.23. The van der Waals surface area contributed by atoms with Crippen LogP contribution >= 0.6 is 0 Å². The Morgan fingerprint density at radius 3 is 2.23 bits per heavy atom. The molecule has 0 spiro atoms. The van der Waals surface area contributed by atoms with E-state index in [1.807, 2.05) is 50.2 Å². The molecule has 31 heavy (non-hydrogen) atoms. The van der Waals surface area contributed by atoms with Crippen molar-refractivity contribution in [3.8, 4) is 0 Å². The number of hydrogen-bond acceptors (Lipinski definition) is 2. The van der Waals surface area contributed by atoms with Crippen molar-refractivity contribution in [3.63, 3.8) is 0 Å². The Morgan fingerprint density at radius 2 is 1.55 bits per heavy atom. The molecule has 2 aromatic rings. The van der Waals surface area contributed by atoms with E-state index in [-0.39, 0.29) is 24.2 Å². The van der Waals surface area contributed by atoms with Crippen molar-refractivity contribution < 1.29 is 14.5 Å². The van der Waals surface area contributed by atoms with Gasteiger partial charge in [-0.05, 0) is 36.3 Å². The normalized spacial score (nSPS) is 15.5. The molecule has 1 atom stereocenters. The molecule has 3 rings (SSSR count). The van der Waals surface area contributed by atoms with E-state index in [1.54, 1.807) is 4.90 Å². The molecular formula is C26H36N3O2+. The van der Waals surface area contributed by atoms with Gasteiger partial charge >= 0.3 is 0 Å². The first-order valence-corrected chi connectivity index (χ1v) is 11.5. The number of hydrogen-bond donors (Lipinski definition) is 3. The van der Waals surface area contributed by atoms with Crippen LogP contribution in [-0.4, -0.2) is 30.9 Å². The minimum atomic E-state index is -0.545. The van der Waals surface area contributed by atoms with E-state index in [9.17, 15) is 9.59 Å². The summed E-state index contributed by atoms with van der Waals surface area (Å²) < 4.78 is 0. The summed E-state index contributed by atoms with van der Waals surface area (Å²) in [6.07, 6.45) is 4.21. The molecule has 5 heteroatoms. The second-order valence-electron chi connectivity index (χ2n) is 8.93. The van der Waals surface area contributed by atoms with Crippen LogP contribution in [-0.2, 0) is 29.1 Å². The summed E-state index contributed by atoms with van der Waals surface area (Å²) in [5, 5.41) is 5.99. The molecule has 1 fully saturated rings. The van der Waals surface area contributed by atoms with Crippen LogP contribution in [0.2, 0.25) is 0 Å². The highest BCUT2D eigenvalue weighted by molar-refractivity contribution is 5.88. The molecule has 5 nitrogen and oxygen atoms in total. The minimum absolute atomic E-state index is 0.00719. The summed E-state index contributed by atoms with van der Waals surface area (Å²) in [6.45, 7) is 7.86. The second kappa shape index (κ2) is 11.7. The van der Waals surface area contributed by atoms with Crippen LogP contribution in [0.15, 0.2) is 54.6 Å². The van der Waals surface area contributed by atoms with Gasteiger partial charge in [0.25, 0.3) is 0 Å². The van der Waals surface area contributed by atoms with Gasteiger partial charge in [0.05, 0.1) is 19.5 Å². The van der Waals surface area contributed by atoms with E-state index in [2.05, 4.69) is 28.8 Å². The third-order valence-electron chi connectivity index (χ3n) is 6.05. The highest BCUT2D eigenvalue weighted by Crippen LogP contribution is 2.10. The highest BCUT2D eigenvalue weighted by atomic mass is 16.2. The summed E-state index contributed by atoms with van der Waals surface area (Å²) in [5.41, 5.74) is 3.40. The molecule has 3 N–H and O–H groups in total. The maximum atomic E-state index is 12.9. The Bertz CT molecular complexity index is 845. The van der Waals surface area contributed by atoms with Gasteiger partial charge in [-0.15, -0.1) is 0 Å². The number of likely N-dealkylation sites (tertiary alicyclic amines) is 1. The van der Waals surface area contributed by atoms with Crippen molar-refractivity contribution >= 4 is 11.8 Å². The van der Waals surface area contributed by atoms with Crippen molar-refractivity contribution in [1.29, 1.82) is 0 Å². The minimum Gasteiger partial charge on any atom is -0.350 e. The van der Waals surface area contributed by atoms with Crippen molar-refractivity contribution in [2.45, 2.75) is 58.7 Å². The van der Waals surface area contributed by atoms with Crippen LogP contribution < -0.4 is 15.5 Å². The molecule has 0 aliphatic carbocycles. The maximum Gasteiger partial charge on any atom is 0.243 e. The van der Waals surface area contributed by atoms with E-state index in [1.165, 1.54) is 37.9 Å². The zero-order valence-corrected chi connectivity index (χ0v) is 18.8. The smallest absolute Gasteiger partial charge is 0.243 e. The first-order valence-electron chi connectivity index (χ1n) is 11.5. The molecule has 0 radical (unpaired) electrons. The van der Waals surface area contributed by atoms with Crippen LogP contribution in [0.1, 0.15) is 49.8 Å². The van der Waals surface area contributed by atoms with Crippen LogP contribution in [0.4, 0.5) is 0 Å². The maximum absolute atomic E-state index is 12.9.